The minimum atomic E-state index is -4.48. The van der Waals surface area contributed by atoms with Crippen LogP contribution in [0.3, 0.4) is 0 Å². The summed E-state index contributed by atoms with van der Waals surface area (Å²) >= 11 is 0. The van der Waals surface area contributed by atoms with E-state index in [9.17, 15) is 22.8 Å². The first-order valence-corrected chi connectivity index (χ1v) is 7.39. The van der Waals surface area contributed by atoms with Crippen molar-refractivity contribution in [2.24, 2.45) is 11.8 Å². The lowest BCUT2D eigenvalue weighted by Gasteiger charge is -2.46. The van der Waals surface area contributed by atoms with Crippen LogP contribution in [0.2, 0.25) is 0 Å². The van der Waals surface area contributed by atoms with Gasteiger partial charge < -0.3 is 10.2 Å². The second-order valence-corrected chi connectivity index (χ2v) is 6.75. The van der Waals surface area contributed by atoms with E-state index in [4.69, 9.17) is 0 Å². The molecule has 2 unspecified atom stereocenters. The molecule has 1 saturated heterocycles. The first-order chi connectivity index (χ1) is 9.69. The van der Waals surface area contributed by atoms with E-state index in [1.54, 1.807) is 13.8 Å². The van der Waals surface area contributed by atoms with Crippen molar-refractivity contribution in [2.75, 3.05) is 0 Å². The molecule has 7 heteroatoms. The smallest absolute Gasteiger partial charge is 0.342 e. The number of nitrogens with one attached hydrogen (secondary N) is 1. The Hall–Kier alpha value is -1.27. The van der Waals surface area contributed by atoms with Gasteiger partial charge in [-0.05, 0) is 37.5 Å². The van der Waals surface area contributed by atoms with E-state index in [0.717, 1.165) is 17.7 Å². The summed E-state index contributed by atoms with van der Waals surface area (Å²) < 4.78 is 40.3. The summed E-state index contributed by atoms with van der Waals surface area (Å²) in [6, 6.07) is -1.80. The molecule has 3 fully saturated rings. The van der Waals surface area contributed by atoms with Gasteiger partial charge in [0.15, 0.2) is 0 Å². The first-order valence-electron chi connectivity index (χ1n) is 7.39. The van der Waals surface area contributed by atoms with Crippen molar-refractivity contribution in [3.63, 3.8) is 0 Å². The molecule has 1 N–H and O–H groups in total. The van der Waals surface area contributed by atoms with E-state index in [-0.39, 0.29) is 24.7 Å². The lowest BCUT2D eigenvalue weighted by Crippen LogP contribution is -2.70. The zero-order valence-corrected chi connectivity index (χ0v) is 12.0. The quantitative estimate of drug-likeness (QED) is 0.865. The maximum absolute atomic E-state index is 13.4. The van der Waals surface area contributed by atoms with Crippen molar-refractivity contribution in [1.82, 2.24) is 10.2 Å². The number of piperazine rings is 1. The summed E-state index contributed by atoms with van der Waals surface area (Å²) in [6.07, 6.45) is -3.11. The number of hydrogen-bond donors (Lipinski definition) is 1. The second-order valence-electron chi connectivity index (χ2n) is 6.75. The van der Waals surface area contributed by atoms with Gasteiger partial charge in [-0.3, -0.25) is 9.59 Å². The van der Waals surface area contributed by atoms with Crippen LogP contribution in [0.4, 0.5) is 13.2 Å². The Bertz CT molecular complexity index is 481. The molecular formula is C14H19F3N2O2. The minimum absolute atomic E-state index is 0.00101. The lowest BCUT2D eigenvalue weighted by molar-refractivity contribution is -0.212. The molecule has 0 aromatic carbocycles. The maximum atomic E-state index is 13.4. The molecule has 2 saturated carbocycles. The van der Waals surface area contributed by atoms with Gasteiger partial charge in [0.05, 0.1) is 0 Å². The van der Waals surface area contributed by atoms with Crippen molar-refractivity contribution in [1.29, 1.82) is 0 Å². The van der Waals surface area contributed by atoms with Gasteiger partial charge in [-0.15, -0.1) is 0 Å². The Labute approximate surface area is 121 Å². The molecule has 1 aliphatic heterocycles. The third-order valence-corrected chi connectivity index (χ3v) is 4.79. The molecule has 21 heavy (non-hydrogen) atoms. The summed E-state index contributed by atoms with van der Waals surface area (Å²) in [6.45, 7) is 3.35. The van der Waals surface area contributed by atoms with Crippen LogP contribution in [0, 0.1) is 11.8 Å². The van der Waals surface area contributed by atoms with E-state index < -0.39 is 35.6 Å². The number of halogens is 3. The van der Waals surface area contributed by atoms with E-state index >= 15 is 0 Å². The van der Waals surface area contributed by atoms with Crippen molar-refractivity contribution in [3.05, 3.63) is 0 Å². The van der Waals surface area contributed by atoms with Crippen LogP contribution in [-0.4, -0.2) is 40.5 Å². The molecule has 0 radical (unpaired) electrons. The highest BCUT2D eigenvalue weighted by molar-refractivity contribution is 5.98. The Kier molecular flexibility index (Phi) is 3.05. The average Bonchev–Trinajstić information content (AvgIpc) is 3.23. The molecule has 2 atom stereocenters. The Morgan fingerprint density at radius 1 is 1.24 bits per heavy atom. The molecule has 0 bridgehead atoms. The van der Waals surface area contributed by atoms with Crippen LogP contribution in [0.25, 0.3) is 0 Å². The first kappa shape index (κ1) is 14.7. The average molecular weight is 304 g/mol. The standard InChI is InChI=1S/C14H19F3N2O2/c1-7(2)10-11(20)18-9(8-3-4-8)12(21)19(10)13(5-6-13)14(15,16)17/h7-10H,3-6H2,1-2H3,(H,18,20). The van der Waals surface area contributed by atoms with Crippen LogP contribution in [-0.2, 0) is 9.59 Å². The molecule has 2 aliphatic carbocycles. The van der Waals surface area contributed by atoms with Gasteiger partial charge >= 0.3 is 6.18 Å². The highest BCUT2D eigenvalue weighted by atomic mass is 19.4. The predicted octanol–water partition coefficient (Wildman–Crippen LogP) is 1.84. The van der Waals surface area contributed by atoms with Gasteiger partial charge in [-0.1, -0.05) is 13.8 Å². The normalized spacial score (nSPS) is 32.4. The van der Waals surface area contributed by atoms with Gasteiger partial charge in [0, 0.05) is 0 Å². The van der Waals surface area contributed by atoms with Crippen molar-refractivity contribution < 1.29 is 22.8 Å². The Balaban J connectivity index is 1.99. The SMILES string of the molecule is CC(C)C1C(=O)NC(C2CC2)C(=O)N1C1(C(F)(F)F)CC1. The zero-order chi connectivity index (χ0) is 15.6. The Morgan fingerprint density at radius 3 is 2.19 bits per heavy atom. The zero-order valence-electron chi connectivity index (χ0n) is 12.0. The van der Waals surface area contributed by atoms with Crippen molar-refractivity contribution in [2.45, 2.75) is 63.3 Å². The monoisotopic (exact) mass is 304 g/mol. The van der Waals surface area contributed by atoms with Crippen molar-refractivity contribution >= 4 is 11.8 Å². The largest absolute Gasteiger partial charge is 0.411 e. The highest BCUT2D eigenvalue weighted by Gasteiger charge is 2.71. The predicted molar refractivity (Wildman–Crippen MR) is 68.1 cm³/mol. The minimum Gasteiger partial charge on any atom is -0.342 e. The molecule has 4 nitrogen and oxygen atoms in total. The van der Waals surface area contributed by atoms with Gasteiger partial charge in [0.2, 0.25) is 11.8 Å². The molecule has 0 spiro atoms. The number of hydrogen-bond acceptors (Lipinski definition) is 2. The van der Waals surface area contributed by atoms with Crippen LogP contribution >= 0.6 is 0 Å². The molecule has 1 heterocycles. The molecule has 0 aromatic heterocycles. The lowest BCUT2D eigenvalue weighted by atomic mass is 9.92. The third kappa shape index (κ3) is 2.12. The molecule has 3 aliphatic rings. The molecule has 2 amide bonds. The number of rotatable bonds is 3. The number of carbonyl (C=O) groups is 2. The maximum Gasteiger partial charge on any atom is 0.411 e. The van der Waals surface area contributed by atoms with Crippen LogP contribution in [0.15, 0.2) is 0 Å². The summed E-state index contributed by atoms with van der Waals surface area (Å²) in [5.74, 6) is -1.35. The van der Waals surface area contributed by atoms with E-state index in [0.29, 0.717) is 0 Å². The van der Waals surface area contributed by atoms with Crippen LogP contribution in [0.5, 0.6) is 0 Å². The summed E-state index contributed by atoms with van der Waals surface area (Å²) in [5.41, 5.74) is -2.12. The topological polar surface area (TPSA) is 49.4 Å². The van der Waals surface area contributed by atoms with E-state index in [1.165, 1.54) is 0 Å². The molecule has 3 rings (SSSR count). The summed E-state index contributed by atoms with van der Waals surface area (Å²) in [5, 5.41) is 2.64. The fourth-order valence-electron chi connectivity index (χ4n) is 3.31. The second kappa shape index (κ2) is 4.36. The Morgan fingerprint density at radius 2 is 1.81 bits per heavy atom. The van der Waals surface area contributed by atoms with Gasteiger partial charge in [0.25, 0.3) is 0 Å². The molecule has 118 valence electrons. The number of nitrogens with zero attached hydrogens (tertiary/aromatic N) is 1. The fourth-order valence-corrected chi connectivity index (χ4v) is 3.31. The van der Waals surface area contributed by atoms with Crippen molar-refractivity contribution in [3.8, 4) is 0 Å². The number of carbonyl (C=O) groups excluding carboxylic acids is 2. The van der Waals surface area contributed by atoms with Crippen LogP contribution in [0.1, 0.15) is 39.5 Å². The van der Waals surface area contributed by atoms with Gasteiger partial charge in [-0.25, -0.2) is 0 Å². The summed E-state index contributed by atoms with van der Waals surface area (Å²) in [4.78, 5) is 25.7. The number of amides is 2. The fraction of sp³-hybridized carbons (Fsp3) is 0.857. The highest BCUT2D eigenvalue weighted by Crippen LogP contribution is 2.56. The molecule has 0 aromatic rings. The number of alkyl halides is 3. The molecular weight excluding hydrogens is 285 g/mol. The summed E-state index contributed by atoms with van der Waals surface area (Å²) in [7, 11) is 0. The third-order valence-electron chi connectivity index (χ3n) is 4.79. The van der Waals surface area contributed by atoms with E-state index in [1.807, 2.05) is 0 Å². The van der Waals surface area contributed by atoms with Gasteiger partial charge in [-0.2, -0.15) is 13.2 Å². The van der Waals surface area contributed by atoms with Gasteiger partial charge in [0.1, 0.15) is 17.6 Å². The van der Waals surface area contributed by atoms with E-state index in [2.05, 4.69) is 5.32 Å². The van der Waals surface area contributed by atoms with Crippen LogP contribution < -0.4 is 5.32 Å².